The maximum atomic E-state index is 9.05. The summed E-state index contributed by atoms with van der Waals surface area (Å²) in [5, 5.41) is 0. The van der Waals surface area contributed by atoms with Crippen molar-refractivity contribution in [3.05, 3.63) is 0 Å². The number of carbonyl (C=O) groups is 1. The van der Waals surface area contributed by atoms with Crippen molar-refractivity contribution in [3.8, 4) is 0 Å². The van der Waals surface area contributed by atoms with Gasteiger partial charge in [0.2, 0.25) is 0 Å². The van der Waals surface area contributed by atoms with Gasteiger partial charge in [-0.05, 0) is 0 Å². The molecule has 2 N–H and O–H groups in total. The predicted octanol–water partition coefficient (Wildman–Crippen LogP) is -2.04. The van der Waals surface area contributed by atoms with Crippen LogP contribution in [0.1, 0.15) is 0 Å². The van der Waals surface area contributed by atoms with Crippen LogP contribution in [0.5, 0.6) is 0 Å². The van der Waals surface area contributed by atoms with E-state index in [0.29, 0.717) is 6.29 Å². The lowest BCUT2D eigenvalue weighted by molar-refractivity contribution is -0.106. The maximum absolute atomic E-state index is 9.05. The van der Waals surface area contributed by atoms with Crippen molar-refractivity contribution in [3.63, 3.8) is 0 Å². The van der Waals surface area contributed by atoms with E-state index in [9.17, 15) is 0 Å². The van der Waals surface area contributed by atoms with E-state index in [2.05, 4.69) is 5.73 Å². The van der Waals surface area contributed by atoms with Crippen LogP contribution in [-0.2, 0) is 4.79 Å². The minimum Gasteiger partial charge on any atom is -0.324 e. The molecule has 0 heterocycles. The van der Waals surface area contributed by atoms with E-state index >= 15 is 0 Å². The van der Waals surface area contributed by atoms with Gasteiger partial charge in [-0.2, -0.15) is 0 Å². The monoisotopic (exact) mass is 89.0 g/mol. The van der Waals surface area contributed by atoms with Crippen LogP contribution in [0.2, 0.25) is 0 Å². The zero-order chi connectivity index (χ0) is 3.41. The smallest absolute Gasteiger partial charge is 0.187 e. The first-order chi connectivity index (χ1) is 1.91. The minimum atomic E-state index is 0. The molecule has 2 nitrogen and oxygen atoms in total. The SMILES string of the molecule is NCC=O.[AlH3]. The third-order valence-corrected chi connectivity index (χ3v) is 0.0962. The van der Waals surface area contributed by atoms with Gasteiger partial charge in [-0.1, -0.05) is 0 Å². The summed E-state index contributed by atoms with van der Waals surface area (Å²) in [6.07, 6.45) is 0.653. The van der Waals surface area contributed by atoms with Crippen LogP contribution in [0, 0.1) is 0 Å². The first-order valence-corrected chi connectivity index (χ1v) is 1.05. The summed E-state index contributed by atoms with van der Waals surface area (Å²) in [5.41, 5.74) is 4.66. The van der Waals surface area contributed by atoms with Gasteiger partial charge in [0.1, 0.15) is 6.29 Å². The Morgan fingerprint density at radius 3 is 2.00 bits per heavy atom. The molecule has 0 aromatic carbocycles. The summed E-state index contributed by atoms with van der Waals surface area (Å²) in [6, 6.07) is 0. The van der Waals surface area contributed by atoms with Crippen molar-refractivity contribution in [2.45, 2.75) is 0 Å². The van der Waals surface area contributed by atoms with Crippen molar-refractivity contribution in [2.75, 3.05) is 6.54 Å². The number of carbonyl (C=O) groups excluding carboxylic acids is 1. The Labute approximate surface area is 41.5 Å². The molecule has 0 radical (unpaired) electrons. The third kappa shape index (κ3) is 14.4. The molecule has 0 fully saturated rings. The van der Waals surface area contributed by atoms with E-state index in [4.69, 9.17) is 4.79 Å². The molecular weight excluding hydrogens is 81.0 g/mol. The summed E-state index contributed by atoms with van der Waals surface area (Å²) >= 11 is 0. The van der Waals surface area contributed by atoms with Crippen molar-refractivity contribution in [1.29, 1.82) is 0 Å². The zero-order valence-corrected chi connectivity index (χ0v) is 2.27. The molecule has 0 amide bonds. The van der Waals surface area contributed by atoms with E-state index < -0.39 is 0 Å². The fraction of sp³-hybridized carbons (Fsp3) is 0.500. The molecule has 0 aliphatic carbocycles. The quantitative estimate of drug-likeness (QED) is 0.297. The van der Waals surface area contributed by atoms with Gasteiger partial charge < -0.3 is 10.5 Å². The summed E-state index contributed by atoms with van der Waals surface area (Å²) in [7, 11) is 0. The molecule has 0 spiro atoms. The fourth-order valence-corrected chi connectivity index (χ4v) is 0. The normalized spacial score (nSPS) is 5.00. The largest absolute Gasteiger partial charge is 0.324 e. The van der Waals surface area contributed by atoms with Gasteiger partial charge in [-0.15, -0.1) is 0 Å². The molecule has 0 saturated heterocycles. The Bertz CT molecular complexity index is 23.6. The summed E-state index contributed by atoms with van der Waals surface area (Å²) in [6.45, 7) is 0.139. The molecule has 0 rings (SSSR count). The van der Waals surface area contributed by atoms with E-state index in [1.807, 2.05) is 0 Å². The van der Waals surface area contributed by atoms with Crippen LogP contribution in [0.4, 0.5) is 0 Å². The molecule has 0 atom stereocenters. The van der Waals surface area contributed by atoms with Crippen LogP contribution < -0.4 is 5.73 Å². The van der Waals surface area contributed by atoms with Crippen molar-refractivity contribution in [2.24, 2.45) is 5.73 Å². The van der Waals surface area contributed by atoms with Gasteiger partial charge in [0, 0.05) is 6.54 Å². The van der Waals surface area contributed by atoms with E-state index in [1.165, 1.54) is 0 Å². The molecule has 0 bridgehead atoms. The molecule has 0 aromatic rings. The molecule has 0 unspecified atom stereocenters. The predicted molar refractivity (Wildman–Crippen MR) is 25.1 cm³/mol. The standard InChI is InChI=1S/C2H5NO.Al.3H/c3-1-2-4;;;;/h2H,1,3H2;;;;. The van der Waals surface area contributed by atoms with Crippen molar-refractivity contribution >= 4 is 23.6 Å². The summed E-state index contributed by atoms with van der Waals surface area (Å²) in [5.74, 6) is 0. The Morgan fingerprint density at radius 2 is 2.00 bits per heavy atom. The molecule has 0 aromatic heterocycles. The highest BCUT2D eigenvalue weighted by Crippen LogP contribution is 1.18. The van der Waals surface area contributed by atoms with Crippen molar-refractivity contribution in [1.82, 2.24) is 0 Å². The highest BCUT2D eigenvalue weighted by atomic mass is 27.0. The number of aldehydes is 1. The van der Waals surface area contributed by atoms with Gasteiger partial charge in [0.15, 0.2) is 17.4 Å². The first kappa shape index (κ1) is 8.94. The second kappa shape index (κ2) is 8.90. The van der Waals surface area contributed by atoms with Crippen LogP contribution in [0.3, 0.4) is 0 Å². The molecular formula is C2H8AlNO. The van der Waals surface area contributed by atoms with Crippen LogP contribution in [0.15, 0.2) is 0 Å². The Morgan fingerprint density at radius 1 is 1.80 bits per heavy atom. The second-order valence-electron chi connectivity index (χ2n) is 0.402. The minimum absolute atomic E-state index is 0. The van der Waals surface area contributed by atoms with Gasteiger partial charge in [-0.3, -0.25) is 0 Å². The third-order valence-electron chi connectivity index (χ3n) is 0.0962. The number of hydrogen-bond acceptors (Lipinski definition) is 2. The molecule has 3 heteroatoms. The van der Waals surface area contributed by atoms with E-state index in [-0.39, 0.29) is 23.9 Å². The topological polar surface area (TPSA) is 43.1 Å². The van der Waals surface area contributed by atoms with Crippen LogP contribution in [0.25, 0.3) is 0 Å². The van der Waals surface area contributed by atoms with Gasteiger partial charge in [0.25, 0.3) is 0 Å². The average Bonchev–Trinajstić information content (AvgIpc) is 1.37. The number of nitrogens with two attached hydrogens (primary N) is 1. The summed E-state index contributed by atoms with van der Waals surface area (Å²) in [4.78, 5) is 9.05. The lowest BCUT2D eigenvalue weighted by atomic mass is 10.8. The van der Waals surface area contributed by atoms with Crippen LogP contribution >= 0.6 is 0 Å². The van der Waals surface area contributed by atoms with Gasteiger partial charge in [-0.25, -0.2) is 0 Å². The van der Waals surface area contributed by atoms with Gasteiger partial charge >= 0.3 is 0 Å². The molecule has 5 heavy (non-hydrogen) atoms. The van der Waals surface area contributed by atoms with Gasteiger partial charge in [0.05, 0.1) is 0 Å². The number of hydrogen-bond donors (Lipinski definition) is 1. The lowest BCUT2D eigenvalue weighted by Gasteiger charge is -1.55. The fourth-order valence-electron chi connectivity index (χ4n) is 0. The average molecular weight is 89.1 g/mol. The van der Waals surface area contributed by atoms with Crippen molar-refractivity contribution < 1.29 is 4.79 Å². The van der Waals surface area contributed by atoms with Crippen LogP contribution in [-0.4, -0.2) is 30.2 Å². The van der Waals surface area contributed by atoms with E-state index in [0.717, 1.165) is 0 Å². The lowest BCUT2D eigenvalue weighted by Crippen LogP contribution is -1.97. The Kier molecular flexibility index (Phi) is 15.9. The zero-order valence-electron chi connectivity index (χ0n) is 2.27. The number of rotatable bonds is 1. The highest BCUT2D eigenvalue weighted by Gasteiger charge is 1.51. The molecule has 0 aliphatic rings. The van der Waals surface area contributed by atoms with E-state index in [1.54, 1.807) is 0 Å². The first-order valence-electron chi connectivity index (χ1n) is 1.05. The highest BCUT2D eigenvalue weighted by molar-refractivity contribution is 5.75. The Hall–Kier alpha value is 0.162. The molecule has 0 aliphatic heterocycles. The maximum Gasteiger partial charge on any atom is 0.187 e. The Balaban J connectivity index is 0. The molecule has 0 saturated carbocycles. The summed E-state index contributed by atoms with van der Waals surface area (Å²) < 4.78 is 0. The molecule has 30 valence electrons. The second-order valence-corrected chi connectivity index (χ2v) is 0.402.